The first-order valence-electron chi connectivity index (χ1n) is 5.38. The Morgan fingerprint density at radius 1 is 1.60 bits per heavy atom. The Bertz CT molecular complexity index is 532. The summed E-state index contributed by atoms with van der Waals surface area (Å²) in [5.41, 5.74) is 4.72. The van der Waals surface area contributed by atoms with Crippen LogP contribution >= 0.6 is 12.4 Å². The molecule has 3 N–H and O–H groups in total. The van der Waals surface area contributed by atoms with Gasteiger partial charge < -0.3 is 15.6 Å². The van der Waals surface area contributed by atoms with E-state index >= 15 is 0 Å². The molecule has 0 heterocycles. The third-order valence-corrected chi connectivity index (χ3v) is 2.46. The number of carbonyl (C=O) groups is 1. The number of aromatic hydroxyl groups is 1. The fraction of sp³-hybridized carbons (Fsp3) is 0.333. The first-order chi connectivity index (χ1) is 8.86. The highest BCUT2D eigenvalue weighted by Crippen LogP contribution is 2.36. The molecule has 0 aliphatic rings. The summed E-state index contributed by atoms with van der Waals surface area (Å²) in [5.74, 6) is -6.44. The van der Waals surface area contributed by atoms with Gasteiger partial charge in [-0.1, -0.05) is 12.1 Å². The molecule has 0 aromatic heterocycles. The van der Waals surface area contributed by atoms with E-state index in [1.807, 2.05) is 0 Å². The Morgan fingerprint density at radius 3 is 2.70 bits per heavy atom. The Morgan fingerprint density at radius 2 is 2.20 bits per heavy atom. The summed E-state index contributed by atoms with van der Waals surface area (Å²) in [4.78, 5) is 11.1. The lowest BCUT2D eigenvalue weighted by Crippen LogP contribution is -2.41. The molecule has 0 saturated carbocycles. The monoisotopic (exact) mass is 306 g/mol. The van der Waals surface area contributed by atoms with E-state index < -0.39 is 29.2 Å². The van der Waals surface area contributed by atoms with Crippen molar-refractivity contribution >= 4 is 18.4 Å². The third kappa shape index (κ3) is 3.35. The molecular weight excluding hydrogens is 294 g/mol. The van der Waals surface area contributed by atoms with Crippen LogP contribution in [0.15, 0.2) is 18.2 Å². The second kappa shape index (κ2) is 7.03. The summed E-state index contributed by atoms with van der Waals surface area (Å²) in [6.45, 7) is 1.17. The molecule has 0 aliphatic heterocycles. The molecule has 20 heavy (non-hydrogen) atoms. The van der Waals surface area contributed by atoms with Gasteiger partial charge in [0.25, 0.3) is 0 Å². The highest BCUT2D eigenvalue weighted by Gasteiger charge is 2.48. The van der Waals surface area contributed by atoms with Crippen LogP contribution in [0, 0.1) is 11.3 Å². The maximum Gasteiger partial charge on any atom is 0.379 e. The predicted molar refractivity (Wildman–Crippen MR) is 68.6 cm³/mol. The molecule has 5 nitrogen and oxygen atoms in total. The smallest absolute Gasteiger partial charge is 0.379 e. The van der Waals surface area contributed by atoms with Crippen LogP contribution in [0.5, 0.6) is 5.75 Å². The molecule has 1 aromatic carbocycles. The van der Waals surface area contributed by atoms with E-state index in [1.54, 1.807) is 6.07 Å². The molecule has 0 unspecified atom stereocenters. The molecule has 1 aromatic rings. The van der Waals surface area contributed by atoms with Crippen molar-refractivity contribution in [2.24, 2.45) is 5.73 Å². The number of halogens is 3. The summed E-state index contributed by atoms with van der Waals surface area (Å²) >= 11 is 0. The fourth-order valence-electron chi connectivity index (χ4n) is 1.45. The van der Waals surface area contributed by atoms with E-state index in [2.05, 4.69) is 4.74 Å². The minimum Gasteiger partial charge on any atom is -0.506 e. The normalized spacial score (nSPS) is 11.9. The van der Waals surface area contributed by atoms with Crippen molar-refractivity contribution in [2.45, 2.75) is 18.9 Å². The van der Waals surface area contributed by atoms with Crippen LogP contribution < -0.4 is 5.73 Å². The number of phenolic OH excluding ortho intramolecular Hbond substituents is 1. The lowest BCUT2D eigenvalue weighted by molar-refractivity contribution is -0.174. The van der Waals surface area contributed by atoms with Gasteiger partial charge in [-0.2, -0.15) is 14.0 Å². The maximum atomic E-state index is 13.7. The van der Waals surface area contributed by atoms with Crippen LogP contribution in [0.2, 0.25) is 0 Å². The number of ether oxygens (including phenoxy) is 1. The fourth-order valence-corrected chi connectivity index (χ4v) is 1.45. The molecule has 0 saturated heterocycles. The van der Waals surface area contributed by atoms with Gasteiger partial charge in [0.2, 0.25) is 0 Å². The van der Waals surface area contributed by atoms with Gasteiger partial charge in [0.05, 0.1) is 12.2 Å². The van der Waals surface area contributed by atoms with Gasteiger partial charge in [-0.05, 0) is 13.0 Å². The number of phenols is 1. The van der Waals surface area contributed by atoms with Gasteiger partial charge in [-0.3, -0.25) is 0 Å². The van der Waals surface area contributed by atoms with Gasteiger partial charge >= 0.3 is 11.9 Å². The zero-order valence-corrected chi connectivity index (χ0v) is 11.3. The van der Waals surface area contributed by atoms with Crippen LogP contribution in [0.4, 0.5) is 8.78 Å². The van der Waals surface area contributed by atoms with E-state index in [1.165, 1.54) is 19.1 Å². The summed E-state index contributed by atoms with van der Waals surface area (Å²) in [6, 6.07) is 3.18. The lowest BCUT2D eigenvalue weighted by atomic mass is 9.98. The molecule has 110 valence electrons. The molecule has 0 amide bonds. The minimum atomic E-state index is -4.00. The van der Waals surface area contributed by atoms with Gasteiger partial charge in [0.1, 0.15) is 17.9 Å². The van der Waals surface area contributed by atoms with E-state index in [-0.39, 0.29) is 24.6 Å². The second-order valence-electron chi connectivity index (χ2n) is 3.68. The highest BCUT2D eigenvalue weighted by molar-refractivity contribution is 5.85. The zero-order chi connectivity index (χ0) is 14.6. The highest BCUT2D eigenvalue weighted by atomic mass is 35.5. The quantitative estimate of drug-likeness (QED) is 0.828. The molecule has 0 bridgehead atoms. The van der Waals surface area contributed by atoms with Crippen molar-refractivity contribution in [1.29, 1.82) is 5.26 Å². The first kappa shape index (κ1) is 18.1. The minimum absolute atomic E-state index is 0. The molecule has 0 fully saturated rings. The molecule has 1 rings (SSSR count). The summed E-state index contributed by atoms with van der Waals surface area (Å²) in [5, 5.41) is 18.3. The van der Waals surface area contributed by atoms with Gasteiger partial charge in [-0.25, -0.2) is 4.79 Å². The largest absolute Gasteiger partial charge is 0.506 e. The molecule has 0 aliphatic carbocycles. The van der Waals surface area contributed by atoms with Crippen LogP contribution in [-0.2, 0) is 9.53 Å². The van der Waals surface area contributed by atoms with Crippen molar-refractivity contribution < 1.29 is 23.4 Å². The number of esters is 1. The Hall–Kier alpha value is -1.91. The molecule has 8 heteroatoms. The topological polar surface area (TPSA) is 96.3 Å². The van der Waals surface area contributed by atoms with E-state index in [9.17, 15) is 18.7 Å². The Balaban J connectivity index is 0.00000361. The third-order valence-electron chi connectivity index (χ3n) is 2.46. The van der Waals surface area contributed by atoms with E-state index in [0.29, 0.717) is 0 Å². The number of hydrogen-bond donors (Lipinski definition) is 2. The standard InChI is InChI=1S/C12H12F2N2O3.ClH/c1-2-19-11(18)12(13,14)10(16)8-5-3-4-7(6-15)9(8)17;/h3-5,10,17H,2,16H2,1H3;1H/t10-;/m1./s1. The van der Waals surface area contributed by atoms with Crippen molar-refractivity contribution in [1.82, 2.24) is 0 Å². The van der Waals surface area contributed by atoms with Crippen molar-refractivity contribution in [3.63, 3.8) is 0 Å². The van der Waals surface area contributed by atoms with Crippen molar-refractivity contribution in [2.75, 3.05) is 6.61 Å². The predicted octanol–water partition coefficient (Wildman–Crippen LogP) is 1.88. The zero-order valence-electron chi connectivity index (χ0n) is 10.5. The number of rotatable bonds is 4. The summed E-state index contributed by atoms with van der Waals surface area (Å²) < 4.78 is 31.6. The lowest BCUT2D eigenvalue weighted by Gasteiger charge is -2.22. The molecule has 0 radical (unpaired) electrons. The number of nitrogens with two attached hydrogens (primary N) is 1. The van der Waals surface area contributed by atoms with Crippen LogP contribution in [0.25, 0.3) is 0 Å². The van der Waals surface area contributed by atoms with E-state index in [0.717, 1.165) is 6.07 Å². The maximum absolute atomic E-state index is 13.7. The number of hydrogen-bond acceptors (Lipinski definition) is 5. The van der Waals surface area contributed by atoms with Crippen LogP contribution in [-0.4, -0.2) is 23.6 Å². The van der Waals surface area contributed by atoms with Gasteiger partial charge in [0.15, 0.2) is 0 Å². The molecule has 1 atom stereocenters. The number of nitriles is 1. The molecular formula is C12H13ClF2N2O3. The molecule has 0 spiro atoms. The average Bonchev–Trinajstić information content (AvgIpc) is 2.38. The number of benzene rings is 1. The first-order valence-corrected chi connectivity index (χ1v) is 5.38. The van der Waals surface area contributed by atoms with Crippen LogP contribution in [0.1, 0.15) is 24.1 Å². The SMILES string of the molecule is CCOC(=O)C(F)(F)[C@H](N)c1cccc(C#N)c1O.Cl. The Kier molecular flexibility index (Phi) is 6.36. The average molecular weight is 307 g/mol. The summed E-state index contributed by atoms with van der Waals surface area (Å²) in [7, 11) is 0. The van der Waals surface area contributed by atoms with Crippen LogP contribution in [0.3, 0.4) is 0 Å². The van der Waals surface area contributed by atoms with Crippen molar-refractivity contribution in [3.05, 3.63) is 29.3 Å². The summed E-state index contributed by atoms with van der Waals surface area (Å²) in [6.07, 6.45) is 0. The number of carbonyl (C=O) groups excluding carboxylic acids is 1. The van der Waals surface area contributed by atoms with Gasteiger partial charge in [-0.15, -0.1) is 12.4 Å². The second-order valence-corrected chi connectivity index (χ2v) is 3.68. The van der Waals surface area contributed by atoms with Crippen molar-refractivity contribution in [3.8, 4) is 11.8 Å². The number of nitrogens with zero attached hydrogens (tertiary/aromatic N) is 1. The van der Waals surface area contributed by atoms with Gasteiger partial charge in [0, 0.05) is 5.56 Å². The number of para-hydroxylation sites is 1. The number of alkyl halides is 2. The Labute approximate surface area is 120 Å². The van der Waals surface area contributed by atoms with E-state index in [4.69, 9.17) is 11.0 Å².